The first kappa shape index (κ1) is 32.1. The second-order valence-electron chi connectivity index (χ2n) is 13.1. The molecule has 0 saturated heterocycles. The van der Waals surface area contributed by atoms with E-state index in [1.54, 1.807) is 7.11 Å². The third kappa shape index (κ3) is 10.2. The van der Waals surface area contributed by atoms with E-state index in [0.717, 1.165) is 68.2 Å². The second kappa shape index (κ2) is 14.3. The van der Waals surface area contributed by atoms with Crippen molar-refractivity contribution in [1.82, 2.24) is 14.7 Å². The van der Waals surface area contributed by atoms with Gasteiger partial charge in [-0.3, -0.25) is 4.90 Å². The predicted molar refractivity (Wildman–Crippen MR) is 164 cm³/mol. The zero-order valence-corrected chi connectivity index (χ0v) is 26.3. The summed E-state index contributed by atoms with van der Waals surface area (Å²) >= 11 is 0. The third-order valence-corrected chi connectivity index (χ3v) is 7.00. The van der Waals surface area contributed by atoms with Crippen LogP contribution in [0, 0.1) is 0 Å². The van der Waals surface area contributed by atoms with Crippen molar-refractivity contribution in [3.05, 3.63) is 47.5 Å². The maximum absolute atomic E-state index is 6.59. The van der Waals surface area contributed by atoms with Crippen molar-refractivity contribution in [2.24, 2.45) is 0 Å². The lowest BCUT2D eigenvalue weighted by Gasteiger charge is -2.26. The number of methoxy groups -OCH3 is 1. The van der Waals surface area contributed by atoms with Crippen molar-refractivity contribution in [2.75, 3.05) is 74.6 Å². The van der Waals surface area contributed by atoms with Crippen LogP contribution in [0.2, 0.25) is 0 Å². The second-order valence-corrected chi connectivity index (χ2v) is 13.1. The summed E-state index contributed by atoms with van der Waals surface area (Å²) in [6, 6.07) is 13.3. The highest BCUT2D eigenvalue weighted by atomic mass is 16.5. The molecular formula is C33H55N3O2. The molecule has 0 N–H and O–H groups in total. The van der Waals surface area contributed by atoms with E-state index in [1.807, 2.05) is 0 Å². The van der Waals surface area contributed by atoms with Crippen LogP contribution in [0.1, 0.15) is 65.5 Å². The molecule has 5 nitrogen and oxygen atoms in total. The molecule has 2 aromatic carbocycles. The van der Waals surface area contributed by atoms with Gasteiger partial charge in [0.15, 0.2) is 0 Å². The van der Waals surface area contributed by atoms with E-state index in [1.165, 1.54) is 11.1 Å². The Morgan fingerprint density at radius 3 is 1.66 bits per heavy atom. The number of hydrogen-bond acceptors (Lipinski definition) is 5. The van der Waals surface area contributed by atoms with Gasteiger partial charge in [0.05, 0.1) is 7.11 Å². The van der Waals surface area contributed by atoms with E-state index >= 15 is 0 Å². The molecule has 2 rings (SSSR count). The number of hydrogen-bond donors (Lipinski definition) is 0. The zero-order valence-electron chi connectivity index (χ0n) is 26.3. The summed E-state index contributed by atoms with van der Waals surface area (Å²) < 4.78 is 12.5. The minimum atomic E-state index is -0.0531. The molecule has 0 fully saturated rings. The predicted octanol–water partition coefficient (Wildman–Crippen LogP) is 6.54. The van der Waals surface area contributed by atoms with E-state index in [9.17, 15) is 0 Å². The molecular weight excluding hydrogens is 470 g/mol. The Balaban J connectivity index is 2.30. The Morgan fingerprint density at radius 2 is 1.21 bits per heavy atom. The van der Waals surface area contributed by atoms with Gasteiger partial charge in [-0.05, 0) is 101 Å². The average molecular weight is 526 g/mol. The Bertz CT molecular complexity index is 955. The fourth-order valence-corrected chi connectivity index (χ4v) is 4.65. The van der Waals surface area contributed by atoms with Crippen molar-refractivity contribution in [3.63, 3.8) is 0 Å². The maximum atomic E-state index is 6.59. The number of rotatable bonds is 14. The Morgan fingerprint density at radius 1 is 0.658 bits per heavy atom. The van der Waals surface area contributed by atoms with Crippen molar-refractivity contribution in [3.8, 4) is 22.6 Å². The molecule has 0 unspecified atom stereocenters. The van der Waals surface area contributed by atoms with Crippen molar-refractivity contribution >= 4 is 0 Å². The van der Waals surface area contributed by atoms with Crippen LogP contribution in [-0.2, 0) is 10.8 Å². The van der Waals surface area contributed by atoms with Crippen LogP contribution < -0.4 is 9.47 Å². The summed E-state index contributed by atoms with van der Waals surface area (Å²) in [5, 5.41) is 0. The molecule has 0 saturated carbocycles. The summed E-state index contributed by atoms with van der Waals surface area (Å²) in [5.74, 6) is 1.84. The first-order valence-electron chi connectivity index (χ1n) is 14.2. The van der Waals surface area contributed by atoms with Crippen LogP contribution in [0.3, 0.4) is 0 Å². The van der Waals surface area contributed by atoms with Crippen LogP contribution in [0.4, 0.5) is 0 Å². The van der Waals surface area contributed by atoms with E-state index in [0.29, 0.717) is 6.61 Å². The van der Waals surface area contributed by atoms with Gasteiger partial charge in [0.2, 0.25) is 0 Å². The molecule has 0 aromatic heterocycles. The fourth-order valence-electron chi connectivity index (χ4n) is 4.65. The Labute approximate surface area is 234 Å². The fraction of sp³-hybridized carbons (Fsp3) is 0.636. The van der Waals surface area contributed by atoms with Crippen LogP contribution >= 0.6 is 0 Å². The minimum Gasteiger partial charge on any atom is -0.496 e. The highest BCUT2D eigenvalue weighted by Crippen LogP contribution is 2.41. The highest BCUT2D eigenvalue weighted by Gasteiger charge is 2.23. The van der Waals surface area contributed by atoms with Crippen LogP contribution in [0.25, 0.3) is 11.1 Å². The van der Waals surface area contributed by atoms with Crippen molar-refractivity contribution in [1.29, 1.82) is 0 Å². The first-order chi connectivity index (χ1) is 17.7. The van der Waals surface area contributed by atoms with Gasteiger partial charge in [0.1, 0.15) is 18.1 Å². The Hall–Kier alpha value is -2.08. The van der Waals surface area contributed by atoms with Gasteiger partial charge in [-0.2, -0.15) is 0 Å². The molecule has 0 atom stereocenters. The maximum Gasteiger partial charge on any atom is 0.127 e. The molecule has 0 radical (unpaired) electrons. The molecule has 0 aliphatic heterocycles. The summed E-state index contributed by atoms with van der Waals surface area (Å²) in [5.41, 5.74) is 4.80. The lowest BCUT2D eigenvalue weighted by atomic mass is 9.84. The van der Waals surface area contributed by atoms with E-state index in [4.69, 9.17) is 9.47 Å². The summed E-state index contributed by atoms with van der Waals surface area (Å²) in [7, 11) is 10.3. The molecule has 0 bridgehead atoms. The van der Waals surface area contributed by atoms with Gasteiger partial charge in [0, 0.05) is 17.7 Å². The number of benzene rings is 2. The minimum absolute atomic E-state index is 0.0531. The van der Waals surface area contributed by atoms with E-state index in [-0.39, 0.29) is 10.8 Å². The molecule has 0 spiro atoms. The normalized spacial score (nSPS) is 12.6. The quantitative estimate of drug-likeness (QED) is 0.279. The molecule has 0 amide bonds. The summed E-state index contributed by atoms with van der Waals surface area (Å²) in [6.45, 7) is 19.4. The van der Waals surface area contributed by atoms with Gasteiger partial charge in [-0.15, -0.1) is 0 Å². The number of nitrogens with zero attached hydrogens (tertiary/aromatic N) is 3. The standard InChI is InChI=1S/C33H55N3O2/c1-32(2,3)27-16-14-26(15-17-27)28-24-31(37-11)29(33(4,5)6)25-30(28)38-23-22-36(20-12-18-34(7)8)21-13-19-35(9)10/h14-17,24-25H,12-13,18-23H2,1-11H3. The lowest BCUT2D eigenvalue weighted by Crippen LogP contribution is -2.33. The van der Waals surface area contributed by atoms with Gasteiger partial charge >= 0.3 is 0 Å². The van der Waals surface area contributed by atoms with Gasteiger partial charge in [-0.25, -0.2) is 0 Å². The highest BCUT2D eigenvalue weighted by molar-refractivity contribution is 5.74. The van der Waals surface area contributed by atoms with Gasteiger partial charge < -0.3 is 19.3 Å². The van der Waals surface area contributed by atoms with Crippen LogP contribution in [0.15, 0.2) is 36.4 Å². The number of ether oxygens (including phenoxy) is 2. The largest absolute Gasteiger partial charge is 0.496 e. The molecule has 214 valence electrons. The van der Waals surface area contributed by atoms with Crippen LogP contribution in [0.5, 0.6) is 11.5 Å². The zero-order chi connectivity index (χ0) is 28.5. The first-order valence-corrected chi connectivity index (χ1v) is 14.2. The monoisotopic (exact) mass is 525 g/mol. The molecule has 38 heavy (non-hydrogen) atoms. The van der Waals surface area contributed by atoms with Crippen LogP contribution in [-0.4, -0.2) is 89.3 Å². The van der Waals surface area contributed by atoms with Crippen molar-refractivity contribution in [2.45, 2.75) is 65.2 Å². The Kier molecular flexibility index (Phi) is 12.1. The van der Waals surface area contributed by atoms with Gasteiger partial charge in [0.25, 0.3) is 0 Å². The van der Waals surface area contributed by atoms with E-state index < -0.39 is 0 Å². The molecule has 5 heteroatoms. The average Bonchev–Trinajstić information content (AvgIpc) is 2.82. The molecule has 0 aliphatic rings. The SMILES string of the molecule is COc1cc(-c2ccc(C(C)(C)C)cc2)c(OCCN(CCCN(C)C)CCCN(C)C)cc1C(C)(C)C. The van der Waals surface area contributed by atoms with Gasteiger partial charge in [-0.1, -0.05) is 65.8 Å². The van der Waals surface area contributed by atoms with Crippen molar-refractivity contribution < 1.29 is 9.47 Å². The smallest absolute Gasteiger partial charge is 0.127 e. The third-order valence-electron chi connectivity index (χ3n) is 7.00. The lowest BCUT2D eigenvalue weighted by molar-refractivity contribution is 0.194. The summed E-state index contributed by atoms with van der Waals surface area (Å²) in [4.78, 5) is 7.08. The van der Waals surface area contributed by atoms with E-state index in [2.05, 4.69) is 121 Å². The summed E-state index contributed by atoms with van der Waals surface area (Å²) in [6.07, 6.45) is 2.33. The molecule has 2 aromatic rings. The molecule has 0 aliphatic carbocycles. The molecule has 0 heterocycles. The topological polar surface area (TPSA) is 28.2 Å².